The third-order valence-electron chi connectivity index (χ3n) is 2.77. The molecule has 0 atom stereocenters. The van der Waals surface area contributed by atoms with Gasteiger partial charge in [0, 0.05) is 18.7 Å². The van der Waals surface area contributed by atoms with Gasteiger partial charge in [-0.25, -0.2) is 4.98 Å². The van der Waals surface area contributed by atoms with Crippen molar-refractivity contribution in [1.29, 1.82) is 0 Å². The van der Waals surface area contributed by atoms with Crippen molar-refractivity contribution in [3.05, 3.63) is 18.0 Å². The molecule has 0 bridgehead atoms. The van der Waals surface area contributed by atoms with Crippen LogP contribution in [0, 0.1) is 0 Å². The predicted octanol–water partition coefficient (Wildman–Crippen LogP) is 2.81. The van der Waals surface area contributed by atoms with Gasteiger partial charge in [-0.1, -0.05) is 0 Å². The summed E-state index contributed by atoms with van der Waals surface area (Å²) in [6, 6.07) is 3.80. The van der Waals surface area contributed by atoms with Gasteiger partial charge >= 0.3 is 0 Å². The average molecular weight is 255 g/mol. The number of methoxy groups -OCH3 is 2. The first kappa shape index (κ1) is 12.0. The number of ether oxygens (including phenoxy) is 2. The number of alkyl halides is 1. The van der Waals surface area contributed by atoms with E-state index in [1.807, 2.05) is 12.1 Å². The first-order chi connectivity index (χ1) is 8.24. The summed E-state index contributed by atoms with van der Waals surface area (Å²) in [5, 5.41) is 0. The molecule has 2 rings (SSSR count). The van der Waals surface area contributed by atoms with Crippen molar-refractivity contribution in [1.82, 2.24) is 9.55 Å². The Kier molecular flexibility index (Phi) is 3.43. The van der Waals surface area contributed by atoms with Crippen LogP contribution >= 0.6 is 11.6 Å². The van der Waals surface area contributed by atoms with Crippen LogP contribution in [0.25, 0.3) is 11.0 Å². The quantitative estimate of drug-likeness (QED) is 0.788. The molecule has 17 heavy (non-hydrogen) atoms. The highest BCUT2D eigenvalue weighted by atomic mass is 35.5. The van der Waals surface area contributed by atoms with Crippen LogP contribution < -0.4 is 9.47 Å². The fourth-order valence-corrected chi connectivity index (χ4v) is 2.16. The maximum absolute atomic E-state index is 5.88. The molecule has 0 aliphatic heterocycles. The van der Waals surface area contributed by atoms with Crippen molar-refractivity contribution < 1.29 is 9.47 Å². The van der Waals surface area contributed by atoms with Crippen LogP contribution in [0.3, 0.4) is 0 Å². The standard InChI is InChI=1S/C12H15ClN2O2/c1-4-15-9-6-11(17-3)10(16-2)5-8(9)14-12(15)7-13/h5-6H,4,7H2,1-3H3. The van der Waals surface area contributed by atoms with Crippen LogP contribution in [0.5, 0.6) is 11.5 Å². The highest BCUT2D eigenvalue weighted by Crippen LogP contribution is 2.32. The van der Waals surface area contributed by atoms with E-state index < -0.39 is 0 Å². The highest BCUT2D eigenvalue weighted by molar-refractivity contribution is 6.16. The second kappa shape index (κ2) is 4.84. The zero-order valence-corrected chi connectivity index (χ0v) is 10.9. The summed E-state index contributed by atoms with van der Waals surface area (Å²) in [5.41, 5.74) is 1.89. The molecule has 4 nitrogen and oxygen atoms in total. The van der Waals surface area contributed by atoms with Gasteiger partial charge in [-0.2, -0.15) is 0 Å². The van der Waals surface area contributed by atoms with E-state index >= 15 is 0 Å². The number of halogens is 1. The second-order valence-corrected chi connectivity index (χ2v) is 3.87. The number of benzene rings is 1. The topological polar surface area (TPSA) is 36.3 Å². The van der Waals surface area contributed by atoms with E-state index in [9.17, 15) is 0 Å². The van der Waals surface area contributed by atoms with Gasteiger partial charge < -0.3 is 14.0 Å². The number of aromatic nitrogens is 2. The number of rotatable bonds is 4. The van der Waals surface area contributed by atoms with Crippen molar-refractivity contribution in [2.75, 3.05) is 14.2 Å². The summed E-state index contributed by atoms with van der Waals surface area (Å²) < 4.78 is 12.6. The molecule has 0 N–H and O–H groups in total. The zero-order valence-electron chi connectivity index (χ0n) is 10.2. The second-order valence-electron chi connectivity index (χ2n) is 3.60. The molecule has 0 spiro atoms. The fourth-order valence-electron chi connectivity index (χ4n) is 1.96. The third kappa shape index (κ3) is 1.93. The van der Waals surface area contributed by atoms with Gasteiger partial charge in [-0.05, 0) is 6.92 Å². The van der Waals surface area contributed by atoms with E-state index in [0.29, 0.717) is 17.4 Å². The summed E-state index contributed by atoms with van der Waals surface area (Å²) in [6.45, 7) is 2.89. The van der Waals surface area contributed by atoms with Gasteiger partial charge in [-0.15, -0.1) is 11.6 Å². The molecule has 0 amide bonds. The largest absolute Gasteiger partial charge is 0.493 e. The molecule has 0 fully saturated rings. The molecule has 0 saturated carbocycles. The summed E-state index contributed by atoms with van der Waals surface area (Å²) in [4.78, 5) is 4.48. The first-order valence-corrected chi connectivity index (χ1v) is 5.95. The van der Waals surface area contributed by atoms with E-state index in [2.05, 4.69) is 16.5 Å². The normalized spacial score (nSPS) is 10.8. The van der Waals surface area contributed by atoms with Gasteiger partial charge in [0.15, 0.2) is 11.5 Å². The van der Waals surface area contributed by atoms with Crippen LogP contribution in [-0.4, -0.2) is 23.8 Å². The van der Waals surface area contributed by atoms with Crippen molar-refractivity contribution in [2.24, 2.45) is 0 Å². The molecule has 1 aromatic heterocycles. The minimum atomic E-state index is 0.396. The molecule has 0 unspecified atom stereocenters. The summed E-state index contributed by atoms with van der Waals surface area (Å²) in [6.07, 6.45) is 0. The maximum atomic E-state index is 5.88. The third-order valence-corrected chi connectivity index (χ3v) is 3.01. The number of fused-ring (bicyclic) bond motifs is 1. The lowest BCUT2D eigenvalue weighted by Gasteiger charge is -2.08. The monoisotopic (exact) mass is 254 g/mol. The highest BCUT2D eigenvalue weighted by Gasteiger charge is 2.13. The van der Waals surface area contributed by atoms with Crippen molar-refractivity contribution in [2.45, 2.75) is 19.3 Å². The molecule has 1 heterocycles. The van der Waals surface area contributed by atoms with Crippen LogP contribution in [0.2, 0.25) is 0 Å². The summed E-state index contributed by atoms with van der Waals surface area (Å²) in [7, 11) is 3.24. The summed E-state index contributed by atoms with van der Waals surface area (Å²) >= 11 is 5.88. The molecule has 0 aliphatic rings. The number of imidazole rings is 1. The molecule has 2 aromatic rings. The Balaban J connectivity index is 2.71. The van der Waals surface area contributed by atoms with Gasteiger partial charge in [0.2, 0.25) is 0 Å². The molecular weight excluding hydrogens is 240 g/mol. The van der Waals surface area contributed by atoms with E-state index in [-0.39, 0.29) is 0 Å². The Morgan fingerprint density at radius 1 is 1.24 bits per heavy atom. The molecular formula is C12H15ClN2O2. The van der Waals surface area contributed by atoms with Crippen LogP contribution in [-0.2, 0) is 12.4 Å². The number of aryl methyl sites for hydroxylation is 1. The Labute approximate surface area is 105 Å². The van der Waals surface area contributed by atoms with Crippen molar-refractivity contribution in [3.8, 4) is 11.5 Å². The van der Waals surface area contributed by atoms with Gasteiger partial charge in [0.05, 0.1) is 31.1 Å². The minimum Gasteiger partial charge on any atom is -0.493 e. The Hall–Kier alpha value is -1.42. The van der Waals surface area contributed by atoms with E-state index in [1.54, 1.807) is 14.2 Å². The minimum absolute atomic E-state index is 0.396. The van der Waals surface area contributed by atoms with Crippen LogP contribution in [0.1, 0.15) is 12.7 Å². The van der Waals surface area contributed by atoms with Gasteiger partial charge in [0.25, 0.3) is 0 Å². The zero-order chi connectivity index (χ0) is 12.4. The molecule has 0 radical (unpaired) electrons. The number of nitrogens with zero attached hydrogens (tertiary/aromatic N) is 2. The summed E-state index contributed by atoms with van der Waals surface area (Å²) in [5.74, 6) is 2.64. The molecule has 0 aliphatic carbocycles. The smallest absolute Gasteiger partial charge is 0.163 e. The van der Waals surface area contributed by atoms with Crippen molar-refractivity contribution in [3.63, 3.8) is 0 Å². The Morgan fingerprint density at radius 3 is 2.41 bits per heavy atom. The van der Waals surface area contributed by atoms with Crippen LogP contribution in [0.15, 0.2) is 12.1 Å². The Bertz CT molecular complexity index is 535. The molecule has 92 valence electrons. The fraction of sp³-hybridized carbons (Fsp3) is 0.417. The van der Waals surface area contributed by atoms with E-state index in [4.69, 9.17) is 21.1 Å². The van der Waals surface area contributed by atoms with E-state index in [1.165, 1.54) is 0 Å². The van der Waals surface area contributed by atoms with Gasteiger partial charge in [0.1, 0.15) is 5.82 Å². The molecule has 1 aromatic carbocycles. The maximum Gasteiger partial charge on any atom is 0.163 e. The van der Waals surface area contributed by atoms with Crippen molar-refractivity contribution >= 4 is 22.6 Å². The van der Waals surface area contributed by atoms with Gasteiger partial charge in [-0.3, -0.25) is 0 Å². The lowest BCUT2D eigenvalue weighted by Crippen LogP contribution is -1.99. The number of hydrogen-bond acceptors (Lipinski definition) is 3. The predicted molar refractivity (Wildman–Crippen MR) is 68.1 cm³/mol. The molecule has 0 saturated heterocycles. The van der Waals surface area contributed by atoms with Crippen LogP contribution in [0.4, 0.5) is 0 Å². The number of hydrogen-bond donors (Lipinski definition) is 0. The lowest BCUT2D eigenvalue weighted by atomic mass is 10.2. The average Bonchev–Trinajstić information content (AvgIpc) is 2.73. The van der Waals surface area contributed by atoms with E-state index in [0.717, 1.165) is 23.4 Å². The lowest BCUT2D eigenvalue weighted by molar-refractivity contribution is 0.355. The Morgan fingerprint density at radius 2 is 1.88 bits per heavy atom. The SMILES string of the molecule is CCn1c(CCl)nc2cc(OC)c(OC)cc21. The first-order valence-electron chi connectivity index (χ1n) is 5.42. The molecule has 5 heteroatoms.